The van der Waals surface area contributed by atoms with Gasteiger partial charge in [0.25, 0.3) is 0 Å². The highest BCUT2D eigenvalue weighted by molar-refractivity contribution is 7.89. The topological polar surface area (TPSA) is 105 Å². The molecule has 2 rings (SSSR count). The molecule has 0 fully saturated rings. The molecular weight excluding hydrogens is 455 g/mol. The lowest BCUT2D eigenvalue weighted by Gasteiger charge is -2.22. The van der Waals surface area contributed by atoms with E-state index in [4.69, 9.17) is 32.7 Å². The van der Waals surface area contributed by atoms with Gasteiger partial charge in [0.15, 0.2) is 17.2 Å². The molecule has 0 aromatic heterocycles. The third-order valence-electron chi connectivity index (χ3n) is 4.31. The Labute approximate surface area is 185 Å². The molecule has 2 N–H and O–H groups in total. The predicted octanol–water partition coefficient (Wildman–Crippen LogP) is 2.70. The summed E-state index contributed by atoms with van der Waals surface area (Å²) in [4.78, 5) is 11.5. The smallest absolute Gasteiger partial charge is 0.247 e. The summed E-state index contributed by atoms with van der Waals surface area (Å²) >= 11 is 11.8. The second-order valence-electron chi connectivity index (χ2n) is 6.19. The van der Waals surface area contributed by atoms with E-state index < -0.39 is 33.1 Å². The summed E-state index contributed by atoms with van der Waals surface area (Å²) in [6.45, 7) is -0.496. The van der Waals surface area contributed by atoms with Gasteiger partial charge in [-0.25, -0.2) is 8.42 Å². The molecule has 2 aromatic rings. The summed E-state index contributed by atoms with van der Waals surface area (Å²) < 4.78 is 37.8. The zero-order chi connectivity index (χ0) is 22.5. The fourth-order valence-corrected chi connectivity index (χ4v) is 4.83. The van der Waals surface area contributed by atoms with Crippen molar-refractivity contribution in [3.63, 3.8) is 0 Å². The molecule has 0 radical (unpaired) electrons. The predicted molar refractivity (Wildman–Crippen MR) is 114 cm³/mol. The Morgan fingerprint density at radius 2 is 1.80 bits per heavy atom. The summed E-state index contributed by atoms with van der Waals surface area (Å²) in [5, 5.41) is 12.4. The Morgan fingerprint density at radius 1 is 1.13 bits per heavy atom. The van der Waals surface area contributed by atoms with Gasteiger partial charge in [0.1, 0.15) is 4.90 Å². The van der Waals surface area contributed by atoms with Gasteiger partial charge in [-0.3, -0.25) is 4.79 Å². The zero-order valence-electron chi connectivity index (χ0n) is 16.6. The van der Waals surface area contributed by atoms with Crippen LogP contribution in [0.1, 0.15) is 5.56 Å². The number of carbonyl (C=O) groups excluding carboxylic acids is 1. The number of aromatic hydroxyl groups is 1. The highest BCUT2D eigenvalue weighted by Crippen LogP contribution is 2.36. The number of amides is 1. The fourth-order valence-electron chi connectivity index (χ4n) is 2.69. The number of sulfonamides is 1. The van der Waals surface area contributed by atoms with Crippen LogP contribution in [0.15, 0.2) is 35.2 Å². The minimum atomic E-state index is -4.28. The molecule has 8 nitrogen and oxygen atoms in total. The first kappa shape index (κ1) is 24.1. The van der Waals surface area contributed by atoms with Crippen molar-refractivity contribution in [3.05, 3.63) is 45.9 Å². The molecule has 0 aliphatic heterocycles. The highest BCUT2D eigenvalue weighted by atomic mass is 35.5. The first-order chi connectivity index (χ1) is 14.1. The number of hydrogen-bond donors (Lipinski definition) is 2. The van der Waals surface area contributed by atoms with E-state index >= 15 is 0 Å². The molecule has 0 saturated heterocycles. The molecule has 0 bridgehead atoms. The molecule has 0 aliphatic carbocycles. The maximum Gasteiger partial charge on any atom is 0.247 e. The molecule has 164 valence electrons. The second kappa shape index (κ2) is 10.2. The van der Waals surface area contributed by atoms with Crippen LogP contribution >= 0.6 is 23.2 Å². The number of likely N-dealkylation sites (N-methyl/N-ethyl adjacent to an activating group) is 1. The lowest BCUT2D eigenvalue weighted by Crippen LogP contribution is -2.40. The van der Waals surface area contributed by atoms with Crippen LogP contribution in [0.5, 0.6) is 17.2 Å². The third-order valence-corrected chi connectivity index (χ3v) is 6.67. The van der Waals surface area contributed by atoms with Crippen molar-refractivity contribution in [2.24, 2.45) is 0 Å². The van der Waals surface area contributed by atoms with E-state index in [1.165, 1.54) is 27.3 Å². The van der Waals surface area contributed by atoms with Crippen LogP contribution in [0.2, 0.25) is 10.0 Å². The summed E-state index contributed by atoms with van der Waals surface area (Å²) in [5.41, 5.74) is 0.762. The number of nitrogens with one attached hydrogen (secondary N) is 1. The van der Waals surface area contributed by atoms with Gasteiger partial charge in [-0.1, -0.05) is 29.3 Å². The summed E-state index contributed by atoms with van der Waals surface area (Å²) in [6, 6.07) is 7.50. The van der Waals surface area contributed by atoms with E-state index in [1.807, 2.05) is 0 Å². The maximum atomic E-state index is 13.2. The number of ether oxygens (including phenoxy) is 2. The summed E-state index contributed by atoms with van der Waals surface area (Å²) in [5.74, 6) is -0.114. The van der Waals surface area contributed by atoms with E-state index in [0.29, 0.717) is 11.5 Å². The SMILES string of the molecule is CNC(=O)CN(CCc1ccc(OC)c(OC)c1)S(=O)(=O)c1cc(Cl)cc(Cl)c1O. The maximum absolute atomic E-state index is 13.2. The van der Waals surface area contributed by atoms with Crippen molar-refractivity contribution in [3.8, 4) is 17.2 Å². The highest BCUT2D eigenvalue weighted by Gasteiger charge is 2.30. The molecule has 0 unspecified atom stereocenters. The molecule has 30 heavy (non-hydrogen) atoms. The van der Waals surface area contributed by atoms with Crippen molar-refractivity contribution in [2.45, 2.75) is 11.3 Å². The molecular formula is C19H22Cl2N2O6S. The number of rotatable bonds is 9. The average Bonchev–Trinajstić information content (AvgIpc) is 2.72. The van der Waals surface area contributed by atoms with Gasteiger partial charge in [-0.05, 0) is 36.2 Å². The molecule has 2 aromatic carbocycles. The fraction of sp³-hybridized carbons (Fsp3) is 0.316. The van der Waals surface area contributed by atoms with Crippen molar-refractivity contribution < 1.29 is 27.8 Å². The van der Waals surface area contributed by atoms with Crippen LogP contribution in [0, 0.1) is 0 Å². The van der Waals surface area contributed by atoms with Crippen LogP contribution in [-0.4, -0.2) is 58.1 Å². The number of carbonyl (C=O) groups is 1. The largest absolute Gasteiger partial charge is 0.505 e. The number of nitrogens with zero attached hydrogens (tertiary/aromatic N) is 1. The molecule has 0 heterocycles. The van der Waals surface area contributed by atoms with Gasteiger partial charge in [-0.15, -0.1) is 0 Å². The average molecular weight is 477 g/mol. The van der Waals surface area contributed by atoms with Gasteiger partial charge >= 0.3 is 0 Å². The van der Waals surface area contributed by atoms with Gasteiger partial charge < -0.3 is 19.9 Å². The van der Waals surface area contributed by atoms with E-state index in [2.05, 4.69) is 5.32 Å². The number of methoxy groups -OCH3 is 2. The Bertz CT molecular complexity index is 1030. The third kappa shape index (κ3) is 5.48. The summed E-state index contributed by atoms with van der Waals surface area (Å²) in [7, 11) is 0.122. The van der Waals surface area contributed by atoms with Crippen LogP contribution in [0.25, 0.3) is 0 Å². The standard InChI is InChI=1S/C19H22Cl2N2O6S/c1-22-18(24)11-23(7-6-12-4-5-15(28-2)16(8-12)29-3)30(26,27)17-10-13(20)9-14(21)19(17)25/h4-5,8-10,25H,6-7,11H2,1-3H3,(H,22,24). The Hall–Kier alpha value is -2.20. The van der Waals surface area contributed by atoms with E-state index in [1.54, 1.807) is 18.2 Å². The molecule has 0 spiro atoms. The zero-order valence-corrected chi connectivity index (χ0v) is 18.9. The second-order valence-corrected chi connectivity index (χ2v) is 8.94. The first-order valence-electron chi connectivity index (χ1n) is 8.73. The molecule has 0 aliphatic rings. The van der Waals surface area contributed by atoms with Gasteiger partial charge in [0.2, 0.25) is 15.9 Å². The van der Waals surface area contributed by atoms with Gasteiger partial charge in [-0.2, -0.15) is 4.31 Å². The van der Waals surface area contributed by atoms with Crippen LogP contribution in [0.3, 0.4) is 0 Å². The monoisotopic (exact) mass is 476 g/mol. The number of benzene rings is 2. The quantitative estimate of drug-likeness (QED) is 0.576. The van der Waals surface area contributed by atoms with Crippen molar-refractivity contribution in [1.82, 2.24) is 9.62 Å². The van der Waals surface area contributed by atoms with Crippen LogP contribution in [-0.2, 0) is 21.2 Å². The van der Waals surface area contributed by atoms with Crippen molar-refractivity contribution in [2.75, 3.05) is 34.4 Å². The molecule has 0 atom stereocenters. The summed E-state index contributed by atoms with van der Waals surface area (Å²) in [6.07, 6.45) is 0.269. The Kier molecular flexibility index (Phi) is 8.19. The minimum absolute atomic E-state index is 0.0381. The normalized spacial score (nSPS) is 11.4. The number of phenols is 1. The van der Waals surface area contributed by atoms with Crippen LogP contribution in [0.4, 0.5) is 0 Å². The number of hydrogen-bond acceptors (Lipinski definition) is 6. The van der Waals surface area contributed by atoms with Crippen molar-refractivity contribution in [1.29, 1.82) is 0 Å². The number of halogens is 2. The molecule has 1 amide bonds. The van der Waals surface area contributed by atoms with E-state index in [-0.39, 0.29) is 23.0 Å². The van der Waals surface area contributed by atoms with E-state index in [9.17, 15) is 18.3 Å². The number of phenolic OH excluding ortho intramolecular Hbond substituents is 1. The van der Waals surface area contributed by atoms with Gasteiger partial charge in [0, 0.05) is 18.6 Å². The lowest BCUT2D eigenvalue weighted by atomic mass is 10.1. The van der Waals surface area contributed by atoms with E-state index in [0.717, 1.165) is 15.9 Å². The van der Waals surface area contributed by atoms with Crippen LogP contribution < -0.4 is 14.8 Å². The Balaban J connectivity index is 2.38. The van der Waals surface area contributed by atoms with Crippen molar-refractivity contribution >= 4 is 39.1 Å². The minimum Gasteiger partial charge on any atom is -0.505 e. The molecule has 11 heteroatoms. The Morgan fingerprint density at radius 3 is 2.40 bits per heavy atom. The van der Waals surface area contributed by atoms with Gasteiger partial charge in [0.05, 0.1) is 25.8 Å². The lowest BCUT2D eigenvalue weighted by molar-refractivity contribution is -0.120. The first-order valence-corrected chi connectivity index (χ1v) is 10.9. The molecule has 0 saturated carbocycles.